The molecule has 26 heavy (non-hydrogen) atoms. The first-order chi connectivity index (χ1) is 12.5. The smallest absolute Gasteiger partial charge is 0.345 e. The molecule has 7 nitrogen and oxygen atoms in total. The van der Waals surface area contributed by atoms with Gasteiger partial charge in [-0.15, -0.1) is 5.10 Å². The van der Waals surface area contributed by atoms with Gasteiger partial charge in [0.2, 0.25) is 0 Å². The molecule has 1 aromatic heterocycles. The molecule has 0 aliphatic carbocycles. The van der Waals surface area contributed by atoms with Crippen LogP contribution in [0.5, 0.6) is 5.75 Å². The Morgan fingerprint density at radius 3 is 2.58 bits per heavy atom. The van der Waals surface area contributed by atoms with E-state index in [4.69, 9.17) is 9.47 Å². The summed E-state index contributed by atoms with van der Waals surface area (Å²) < 4.78 is 11.4. The standard InChI is InChI=1S/C19H19N3O4/c1-13(2)14-7-9-15(10-8-14)25-11-18(23)26-12-22-19(24)16-5-3-4-6-17(16)20-21-22/h3-10,13H,11-12H2,1-2H3. The summed E-state index contributed by atoms with van der Waals surface area (Å²) in [6.07, 6.45) is 0. The van der Waals surface area contributed by atoms with Gasteiger partial charge in [0.25, 0.3) is 5.56 Å². The summed E-state index contributed by atoms with van der Waals surface area (Å²) in [6.45, 7) is 3.64. The van der Waals surface area contributed by atoms with Gasteiger partial charge in [0.15, 0.2) is 13.3 Å². The van der Waals surface area contributed by atoms with Crippen LogP contribution in [0.4, 0.5) is 0 Å². The van der Waals surface area contributed by atoms with E-state index in [0.29, 0.717) is 22.6 Å². The second-order valence-electron chi connectivity index (χ2n) is 6.07. The molecule has 3 aromatic rings. The Bertz CT molecular complexity index is 964. The first-order valence-corrected chi connectivity index (χ1v) is 8.25. The third kappa shape index (κ3) is 4.05. The van der Waals surface area contributed by atoms with Crippen LogP contribution in [0.3, 0.4) is 0 Å². The van der Waals surface area contributed by atoms with E-state index in [0.717, 1.165) is 4.68 Å². The number of hydrogen-bond acceptors (Lipinski definition) is 6. The molecule has 0 unspecified atom stereocenters. The average molecular weight is 353 g/mol. The largest absolute Gasteiger partial charge is 0.482 e. The van der Waals surface area contributed by atoms with Crippen molar-refractivity contribution in [3.63, 3.8) is 0 Å². The molecule has 134 valence electrons. The van der Waals surface area contributed by atoms with Gasteiger partial charge in [-0.2, -0.15) is 4.68 Å². The van der Waals surface area contributed by atoms with Crippen LogP contribution in [0.2, 0.25) is 0 Å². The molecule has 0 bridgehead atoms. The van der Waals surface area contributed by atoms with Crippen LogP contribution in [0.15, 0.2) is 53.3 Å². The molecule has 0 amide bonds. The summed E-state index contributed by atoms with van der Waals surface area (Å²) in [5, 5.41) is 8.10. The monoisotopic (exact) mass is 353 g/mol. The van der Waals surface area contributed by atoms with Crippen LogP contribution in [0.1, 0.15) is 25.3 Å². The van der Waals surface area contributed by atoms with E-state index >= 15 is 0 Å². The van der Waals surface area contributed by atoms with Crippen molar-refractivity contribution >= 4 is 16.9 Å². The lowest BCUT2D eigenvalue weighted by atomic mass is 10.0. The Kier molecular flexibility index (Phi) is 5.26. The van der Waals surface area contributed by atoms with E-state index in [9.17, 15) is 9.59 Å². The van der Waals surface area contributed by atoms with E-state index in [2.05, 4.69) is 24.2 Å². The molecule has 0 spiro atoms. The van der Waals surface area contributed by atoms with E-state index < -0.39 is 5.97 Å². The number of ether oxygens (including phenoxy) is 2. The summed E-state index contributed by atoms with van der Waals surface area (Å²) in [5.74, 6) is 0.407. The van der Waals surface area contributed by atoms with E-state index in [-0.39, 0.29) is 18.9 Å². The molecule has 0 atom stereocenters. The van der Waals surface area contributed by atoms with Crippen molar-refractivity contribution in [2.24, 2.45) is 0 Å². The molecule has 3 rings (SSSR count). The molecule has 2 aromatic carbocycles. The van der Waals surface area contributed by atoms with Gasteiger partial charge in [-0.1, -0.05) is 43.3 Å². The van der Waals surface area contributed by atoms with Gasteiger partial charge in [0, 0.05) is 0 Å². The Morgan fingerprint density at radius 1 is 1.12 bits per heavy atom. The number of esters is 1. The Hall–Kier alpha value is -3.22. The Labute approximate surface area is 150 Å². The van der Waals surface area contributed by atoms with Crippen LogP contribution in [-0.4, -0.2) is 27.6 Å². The number of carbonyl (C=O) groups excluding carboxylic acids is 1. The fourth-order valence-electron chi connectivity index (χ4n) is 2.37. The van der Waals surface area contributed by atoms with E-state index in [1.165, 1.54) is 5.56 Å². The third-order valence-electron chi connectivity index (χ3n) is 3.88. The van der Waals surface area contributed by atoms with Crippen molar-refractivity contribution in [2.75, 3.05) is 6.61 Å². The van der Waals surface area contributed by atoms with Crippen LogP contribution in [0.25, 0.3) is 10.9 Å². The van der Waals surface area contributed by atoms with Crippen LogP contribution in [-0.2, 0) is 16.3 Å². The van der Waals surface area contributed by atoms with Crippen molar-refractivity contribution in [3.8, 4) is 5.75 Å². The summed E-state index contributed by atoms with van der Waals surface area (Å²) in [7, 11) is 0. The fraction of sp³-hybridized carbons (Fsp3) is 0.263. The van der Waals surface area contributed by atoms with Gasteiger partial charge in [-0.3, -0.25) is 4.79 Å². The lowest BCUT2D eigenvalue weighted by Crippen LogP contribution is -2.27. The van der Waals surface area contributed by atoms with Gasteiger partial charge >= 0.3 is 5.97 Å². The number of rotatable bonds is 6. The zero-order valence-corrected chi connectivity index (χ0v) is 14.6. The molecule has 0 aliphatic rings. The lowest BCUT2D eigenvalue weighted by Gasteiger charge is -2.09. The fourth-order valence-corrected chi connectivity index (χ4v) is 2.37. The first kappa shape index (κ1) is 17.6. The molecule has 7 heteroatoms. The topological polar surface area (TPSA) is 83.3 Å². The van der Waals surface area contributed by atoms with Gasteiger partial charge in [-0.05, 0) is 35.7 Å². The van der Waals surface area contributed by atoms with Crippen molar-refractivity contribution in [3.05, 3.63) is 64.4 Å². The van der Waals surface area contributed by atoms with Gasteiger partial charge < -0.3 is 9.47 Å². The highest BCUT2D eigenvalue weighted by atomic mass is 16.6. The quantitative estimate of drug-likeness (QED) is 0.633. The van der Waals surface area contributed by atoms with Crippen LogP contribution >= 0.6 is 0 Å². The maximum absolute atomic E-state index is 12.2. The molecular formula is C19H19N3O4. The number of fused-ring (bicyclic) bond motifs is 1. The zero-order chi connectivity index (χ0) is 18.5. The molecular weight excluding hydrogens is 334 g/mol. The molecule has 0 saturated heterocycles. The first-order valence-electron chi connectivity index (χ1n) is 8.25. The summed E-state index contributed by atoms with van der Waals surface area (Å²) >= 11 is 0. The highest BCUT2D eigenvalue weighted by Gasteiger charge is 2.09. The summed E-state index contributed by atoms with van der Waals surface area (Å²) in [6, 6.07) is 14.4. The minimum absolute atomic E-state index is 0.253. The number of aromatic nitrogens is 3. The minimum Gasteiger partial charge on any atom is -0.482 e. The average Bonchev–Trinajstić information content (AvgIpc) is 2.66. The molecule has 1 heterocycles. The predicted molar refractivity (Wildman–Crippen MR) is 95.9 cm³/mol. The molecule has 0 fully saturated rings. The molecule has 0 radical (unpaired) electrons. The van der Waals surface area contributed by atoms with Crippen molar-refractivity contribution < 1.29 is 14.3 Å². The number of hydrogen-bond donors (Lipinski definition) is 0. The van der Waals surface area contributed by atoms with Gasteiger partial charge in [0.05, 0.1) is 5.39 Å². The Balaban J connectivity index is 1.56. The number of carbonyl (C=O) groups is 1. The zero-order valence-electron chi connectivity index (χ0n) is 14.6. The molecule has 0 N–H and O–H groups in total. The summed E-state index contributed by atoms with van der Waals surface area (Å²) in [4.78, 5) is 24.1. The van der Waals surface area contributed by atoms with Crippen molar-refractivity contribution in [1.82, 2.24) is 15.0 Å². The Morgan fingerprint density at radius 2 is 1.85 bits per heavy atom. The highest BCUT2D eigenvalue weighted by Crippen LogP contribution is 2.18. The summed E-state index contributed by atoms with van der Waals surface area (Å²) in [5.41, 5.74) is 1.32. The van der Waals surface area contributed by atoms with Crippen molar-refractivity contribution in [2.45, 2.75) is 26.5 Å². The van der Waals surface area contributed by atoms with Crippen LogP contribution in [0, 0.1) is 0 Å². The molecule has 0 saturated carbocycles. The number of benzene rings is 2. The van der Waals surface area contributed by atoms with Gasteiger partial charge in [-0.25, -0.2) is 4.79 Å². The second-order valence-corrected chi connectivity index (χ2v) is 6.07. The second kappa shape index (κ2) is 7.77. The maximum Gasteiger partial charge on any atom is 0.345 e. The van der Waals surface area contributed by atoms with Crippen molar-refractivity contribution in [1.29, 1.82) is 0 Å². The van der Waals surface area contributed by atoms with E-state index in [1.807, 2.05) is 24.3 Å². The van der Waals surface area contributed by atoms with E-state index in [1.54, 1.807) is 24.3 Å². The minimum atomic E-state index is -0.597. The highest BCUT2D eigenvalue weighted by molar-refractivity contribution is 5.76. The number of nitrogens with zero attached hydrogens (tertiary/aromatic N) is 3. The normalized spacial score (nSPS) is 10.9. The lowest BCUT2D eigenvalue weighted by molar-refractivity contribution is -0.150. The third-order valence-corrected chi connectivity index (χ3v) is 3.88. The molecule has 0 aliphatic heterocycles. The SMILES string of the molecule is CC(C)c1ccc(OCC(=O)OCn2nnc3ccccc3c2=O)cc1. The predicted octanol–water partition coefficient (Wildman–Crippen LogP) is 2.49. The maximum atomic E-state index is 12.2. The van der Waals surface area contributed by atoms with Crippen LogP contribution < -0.4 is 10.3 Å². The van der Waals surface area contributed by atoms with Gasteiger partial charge in [0.1, 0.15) is 11.3 Å².